The highest BCUT2D eigenvalue weighted by Crippen LogP contribution is 2.04. The van der Waals surface area contributed by atoms with E-state index >= 15 is 0 Å². The van der Waals surface area contributed by atoms with Crippen LogP contribution in [0.5, 0.6) is 0 Å². The fourth-order valence-electron chi connectivity index (χ4n) is 0.960. The number of carbonyl (C=O) groups excluding carboxylic acids is 1. The standard InChI is InChI=1S/C11H12O2Si/c1-9(11(12)13-14)7-8-10-5-3-2-4-6-10/h2-8H,1H2,14H3. The number of hydrogen-bond donors (Lipinski definition) is 0. The first-order valence-corrected chi connectivity index (χ1v) is 5.06. The van der Waals surface area contributed by atoms with E-state index in [2.05, 4.69) is 11.0 Å². The average molecular weight is 204 g/mol. The van der Waals surface area contributed by atoms with Crippen LogP contribution in [0.15, 0.2) is 48.6 Å². The maximum Gasteiger partial charge on any atom is 0.323 e. The molecule has 0 aliphatic carbocycles. The molecule has 1 rings (SSSR count). The summed E-state index contributed by atoms with van der Waals surface area (Å²) < 4.78 is 4.65. The Balaban J connectivity index is 2.65. The predicted octanol–water partition coefficient (Wildman–Crippen LogP) is 1.08. The largest absolute Gasteiger partial charge is 0.525 e. The molecule has 1 aromatic rings. The lowest BCUT2D eigenvalue weighted by Gasteiger charge is -1.97. The van der Waals surface area contributed by atoms with Gasteiger partial charge in [-0.05, 0) is 11.6 Å². The van der Waals surface area contributed by atoms with Crippen molar-refractivity contribution in [1.29, 1.82) is 0 Å². The Labute approximate surface area is 86.4 Å². The molecule has 0 spiro atoms. The Morgan fingerprint density at radius 1 is 1.36 bits per heavy atom. The highest BCUT2D eigenvalue weighted by molar-refractivity contribution is 6.10. The van der Waals surface area contributed by atoms with Crippen LogP contribution in [0.25, 0.3) is 6.08 Å². The molecular weight excluding hydrogens is 192 g/mol. The van der Waals surface area contributed by atoms with Gasteiger partial charge in [0.25, 0.3) is 0 Å². The highest BCUT2D eigenvalue weighted by Gasteiger charge is 1.99. The van der Waals surface area contributed by atoms with E-state index in [1.807, 2.05) is 36.4 Å². The summed E-state index contributed by atoms with van der Waals surface area (Å²) in [6, 6.07) is 9.73. The first-order valence-electron chi connectivity index (χ1n) is 4.24. The van der Waals surface area contributed by atoms with E-state index in [0.717, 1.165) is 5.56 Å². The van der Waals surface area contributed by atoms with Crippen molar-refractivity contribution in [1.82, 2.24) is 0 Å². The molecule has 2 nitrogen and oxygen atoms in total. The fourth-order valence-corrected chi connectivity index (χ4v) is 1.22. The Morgan fingerprint density at radius 3 is 2.57 bits per heavy atom. The van der Waals surface area contributed by atoms with E-state index in [1.165, 1.54) is 0 Å². The van der Waals surface area contributed by atoms with Gasteiger partial charge in [-0.25, -0.2) is 4.79 Å². The molecule has 0 bridgehead atoms. The molecule has 0 atom stereocenters. The molecule has 0 unspecified atom stereocenters. The monoisotopic (exact) mass is 204 g/mol. The Hall–Kier alpha value is -1.61. The normalized spacial score (nSPS) is 10.3. The van der Waals surface area contributed by atoms with Gasteiger partial charge in [0.2, 0.25) is 10.5 Å². The van der Waals surface area contributed by atoms with Crippen LogP contribution in [0.3, 0.4) is 0 Å². The summed E-state index contributed by atoms with van der Waals surface area (Å²) in [5.74, 6) is -0.344. The molecule has 14 heavy (non-hydrogen) atoms. The third-order valence-electron chi connectivity index (χ3n) is 1.72. The van der Waals surface area contributed by atoms with Crippen molar-refractivity contribution >= 4 is 22.5 Å². The minimum atomic E-state index is -0.344. The topological polar surface area (TPSA) is 26.3 Å². The van der Waals surface area contributed by atoms with Gasteiger partial charge in [0, 0.05) is 0 Å². The minimum Gasteiger partial charge on any atom is -0.525 e. The highest BCUT2D eigenvalue weighted by atomic mass is 28.2. The average Bonchev–Trinajstić information content (AvgIpc) is 2.26. The van der Waals surface area contributed by atoms with Gasteiger partial charge in [0.05, 0.1) is 5.57 Å². The van der Waals surface area contributed by atoms with E-state index in [9.17, 15) is 4.79 Å². The molecular formula is C11H12O2Si. The molecule has 0 amide bonds. The van der Waals surface area contributed by atoms with Crippen LogP contribution in [0, 0.1) is 0 Å². The van der Waals surface area contributed by atoms with E-state index in [0.29, 0.717) is 16.1 Å². The van der Waals surface area contributed by atoms with Crippen LogP contribution >= 0.6 is 0 Å². The molecule has 0 N–H and O–H groups in total. The second-order valence-corrected chi connectivity index (χ2v) is 3.17. The Kier molecular flexibility index (Phi) is 3.88. The van der Waals surface area contributed by atoms with Crippen molar-refractivity contribution in [2.24, 2.45) is 0 Å². The van der Waals surface area contributed by atoms with E-state index in [1.54, 1.807) is 6.08 Å². The van der Waals surface area contributed by atoms with E-state index < -0.39 is 0 Å². The lowest BCUT2D eigenvalue weighted by Crippen LogP contribution is -2.01. The van der Waals surface area contributed by atoms with Crippen molar-refractivity contribution in [3.05, 3.63) is 54.1 Å². The molecule has 3 heteroatoms. The zero-order valence-corrected chi connectivity index (χ0v) is 10.1. The van der Waals surface area contributed by atoms with Crippen LogP contribution in [-0.4, -0.2) is 16.5 Å². The van der Waals surface area contributed by atoms with Crippen molar-refractivity contribution in [3.8, 4) is 0 Å². The summed E-state index contributed by atoms with van der Waals surface area (Å²) in [7, 11) is 0.404. The third kappa shape index (κ3) is 3.03. The summed E-state index contributed by atoms with van der Waals surface area (Å²) in [6.07, 6.45) is 3.50. The van der Waals surface area contributed by atoms with Crippen molar-refractivity contribution < 1.29 is 9.22 Å². The van der Waals surface area contributed by atoms with Gasteiger partial charge in [-0.1, -0.05) is 43.0 Å². The van der Waals surface area contributed by atoms with Crippen LogP contribution < -0.4 is 0 Å². The third-order valence-corrected chi connectivity index (χ3v) is 2.09. The van der Waals surface area contributed by atoms with Gasteiger partial charge in [-0.2, -0.15) is 0 Å². The van der Waals surface area contributed by atoms with Crippen LogP contribution in [0.4, 0.5) is 0 Å². The number of rotatable bonds is 3. The van der Waals surface area contributed by atoms with Gasteiger partial charge in [-0.15, -0.1) is 0 Å². The lowest BCUT2D eigenvalue weighted by atomic mass is 10.2. The maximum absolute atomic E-state index is 11.0. The van der Waals surface area contributed by atoms with Crippen molar-refractivity contribution in [2.75, 3.05) is 0 Å². The number of hydrogen-bond acceptors (Lipinski definition) is 2. The summed E-state index contributed by atoms with van der Waals surface area (Å²) >= 11 is 0. The predicted molar refractivity (Wildman–Crippen MR) is 60.6 cm³/mol. The Bertz CT molecular complexity index is 355. The van der Waals surface area contributed by atoms with Crippen LogP contribution in [0.1, 0.15) is 5.56 Å². The summed E-state index contributed by atoms with van der Waals surface area (Å²) in [5, 5.41) is 0. The molecule has 0 aromatic heterocycles. The zero-order chi connectivity index (χ0) is 10.4. The summed E-state index contributed by atoms with van der Waals surface area (Å²) in [4.78, 5) is 11.0. The zero-order valence-electron chi connectivity index (χ0n) is 8.07. The molecule has 1 aromatic carbocycles. The first-order chi connectivity index (χ1) is 6.74. The maximum atomic E-state index is 11.0. The van der Waals surface area contributed by atoms with Gasteiger partial charge in [0.1, 0.15) is 0 Å². The SMILES string of the molecule is C=C(C=Cc1ccccc1)C(=O)O[SiH3]. The molecule has 72 valence electrons. The fraction of sp³-hybridized carbons (Fsp3) is 0. The van der Waals surface area contributed by atoms with Gasteiger partial charge in [-0.3, -0.25) is 0 Å². The quantitative estimate of drug-likeness (QED) is 0.418. The second kappa shape index (κ2) is 5.19. The number of carbonyl (C=O) groups is 1. The molecule has 0 saturated carbocycles. The van der Waals surface area contributed by atoms with Gasteiger partial charge in [0.15, 0.2) is 0 Å². The van der Waals surface area contributed by atoms with Crippen molar-refractivity contribution in [2.45, 2.75) is 0 Å². The summed E-state index contributed by atoms with van der Waals surface area (Å²) in [6.45, 7) is 3.60. The van der Waals surface area contributed by atoms with Gasteiger partial charge >= 0.3 is 5.97 Å². The Morgan fingerprint density at radius 2 is 2.00 bits per heavy atom. The first kappa shape index (κ1) is 10.5. The van der Waals surface area contributed by atoms with Crippen LogP contribution in [-0.2, 0) is 9.22 Å². The van der Waals surface area contributed by atoms with Gasteiger partial charge < -0.3 is 4.43 Å². The van der Waals surface area contributed by atoms with E-state index in [-0.39, 0.29) is 5.97 Å². The summed E-state index contributed by atoms with van der Waals surface area (Å²) in [5.41, 5.74) is 1.42. The molecule has 0 heterocycles. The minimum absolute atomic E-state index is 0.344. The lowest BCUT2D eigenvalue weighted by molar-refractivity contribution is -0.129. The smallest absolute Gasteiger partial charge is 0.323 e. The molecule has 0 aliphatic rings. The van der Waals surface area contributed by atoms with E-state index in [4.69, 9.17) is 0 Å². The second-order valence-electron chi connectivity index (χ2n) is 2.76. The molecule has 0 aliphatic heterocycles. The van der Waals surface area contributed by atoms with Crippen molar-refractivity contribution in [3.63, 3.8) is 0 Å². The van der Waals surface area contributed by atoms with Crippen LogP contribution in [0.2, 0.25) is 0 Å². The molecule has 0 radical (unpaired) electrons. The molecule has 0 saturated heterocycles. The molecule has 0 fully saturated rings. The number of benzene rings is 1.